The van der Waals surface area contributed by atoms with E-state index in [0.29, 0.717) is 0 Å². The maximum absolute atomic E-state index is 9.97. The van der Waals surface area contributed by atoms with E-state index in [0.717, 1.165) is 30.4 Å². The van der Waals surface area contributed by atoms with Crippen LogP contribution in [0.2, 0.25) is 0 Å². The smallest absolute Gasteiger partial charge is 0.0994 e. The van der Waals surface area contributed by atoms with Gasteiger partial charge in [0, 0.05) is 16.8 Å². The second-order valence-electron chi connectivity index (χ2n) is 12.0. The zero-order valence-electron chi connectivity index (χ0n) is 24.1. The van der Waals surface area contributed by atoms with Gasteiger partial charge in [-0.2, -0.15) is 5.26 Å². The lowest BCUT2D eigenvalue weighted by Gasteiger charge is -2.40. The Hall–Kier alpha value is -4.87. The highest BCUT2D eigenvalue weighted by Crippen LogP contribution is 2.59. The summed E-state index contributed by atoms with van der Waals surface area (Å²) in [4.78, 5) is 0. The van der Waals surface area contributed by atoms with Gasteiger partial charge in [0.05, 0.1) is 22.6 Å². The second kappa shape index (κ2) is 9.33. The largest absolute Gasteiger partial charge is 0.310 e. The second-order valence-corrected chi connectivity index (χ2v) is 12.0. The Morgan fingerprint density at radius 2 is 1.71 bits per heavy atom. The number of para-hydroxylation sites is 1. The number of allylic oxidation sites excluding steroid dienone is 5. The van der Waals surface area contributed by atoms with Crippen molar-refractivity contribution in [3.63, 3.8) is 0 Å². The van der Waals surface area contributed by atoms with Gasteiger partial charge in [-0.15, -0.1) is 0 Å². The summed E-state index contributed by atoms with van der Waals surface area (Å²) < 4.78 is 2.43. The van der Waals surface area contributed by atoms with Crippen LogP contribution in [0.25, 0.3) is 33.8 Å². The van der Waals surface area contributed by atoms with Gasteiger partial charge in [0.15, 0.2) is 0 Å². The van der Waals surface area contributed by atoms with E-state index in [1.165, 1.54) is 61.2 Å². The van der Waals surface area contributed by atoms with Crippen LogP contribution >= 0.6 is 0 Å². The molecule has 8 rings (SSSR count). The molecule has 3 aliphatic carbocycles. The van der Waals surface area contributed by atoms with Gasteiger partial charge < -0.3 is 4.57 Å². The maximum atomic E-state index is 9.97. The van der Waals surface area contributed by atoms with Crippen LogP contribution in [0.3, 0.4) is 0 Å². The minimum absolute atomic E-state index is 0.250. The van der Waals surface area contributed by atoms with E-state index in [9.17, 15) is 5.26 Å². The van der Waals surface area contributed by atoms with Crippen molar-refractivity contribution in [2.75, 3.05) is 0 Å². The number of rotatable bonds is 3. The Labute approximate surface area is 247 Å². The van der Waals surface area contributed by atoms with Crippen molar-refractivity contribution in [2.45, 2.75) is 38.5 Å². The summed E-state index contributed by atoms with van der Waals surface area (Å²) >= 11 is 0. The highest BCUT2D eigenvalue weighted by molar-refractivity contribution is 5.93. The molecule has 2 nitrogen and oxygen atoms in total. The summed E-state index contributed by atoms with van der Waals surface area (Å²) in [7, 11) is 0. The third-order valence-corrected chi connectivity index (χ3v) is 9.89. The van der Waals surface area contributed by atoms with Crippen molar-refractivity contribution < 1.29 is 0 Å². The van der Waals surface area contributed by atoms with E-state index < -0.39 is 0 Å². The van der Waals surface area contributed by atoms with Crippen LogP contribution in [0, 0.1) is 24.2 Å². The fourth-order valence-corrected chi connectivity index (χ4v) is 8.01. The molecule has 5 aromatic rings. The number of nitrogens with zero attached hydrogens (tertiary/aromatic N) is 2. The van der Waals surface area contributed by atoms with Crippen LogP contribution in [0.4, 0.5) is 0 Å². The van der Waals surface area contributed by atoms with E-state index in [-0.39, 0.29) is 11.3 Å². The molecule has 0 aliphatic heterocycles. The van der Waals surface area contributed by atoms with Gasteiger partial charge in [-0.05, 0) is 114 Å². The first-order chi connectivity index (χ1) is 20.6. The fourth-order valence-electron chi connectivity index (χ4n) is 8.01. The summed E-state index contributed by atoms with van der Waals surface area (Å²) in [6.07, 6.45) is 14.8. The molecule has 0 saturated carbocycles. The lowest BCUT2D eigenvalue weighted by atomic mass is 9.62. The van der Waals surface area contributed by atoms with E-state index in [1.54, 1.807) is 0 Å². The van der Waals surface area contributed by atoms with Gasteiger partial charge in [-0.1, -0.05) is 84.5 Å². The minimum Gasteiger partial charge on any atom is -0.310 e. The van der Waals surface area contributed by atoms with Crippen molar-refractivity contribution >= 4 is 17.0 Å². The van der Waals surface area contributed by atoms with Crippen molar-refractivity contribution in [3.05, 3.63) is 154 Å². The number of fused-ring (bicyclic) bond motifs is 6. The summed E-state index contributed by atoms with van der Waals surface area (Å²) in [6.45, 7) is 4.31. The van der Waals surface area contributed by atoms with Crippen molar-refractivity contribution in [1.29, 1.82) is 5.26 Å². The van der Waals surface area contributed by atoms with Crippen molar-refractivity contribution in [3.8, 4) is 22.9 Å². The Balaban J connectivity index is 1.47. The highest BCUT2D eigenvalue weighted by atomic mass is 15.0. The Kier molecular flexibility index (Phi) is 5.53. The molecule has 2 atom stereocenters. The van der Waals surface area contributed by atoms with Crippen LogP contribution in [-0.4, -0.2) is 4.57 Å². The normalized spacial score (nSPS) is 20.1. The predicted molar refractivity (Wildman–Crippen MR) is 173 cm³/mol. The predicted octanol–water partition coefficient (Wildman–Crippen LogP) is 9.61. The molecule has 42 heavy (non-hydrogen) atoms. The quantitative estimate of drug-likeness (QED) is 0.224. The Bertz CT molecular complexity index is 2040. The Morgan fingerprint density at radius 3 is 2.52 bits per heavy atom. The molecule has 0 fully saturated rings. The first-order valence-electron chi connectivity index (χ1n) is 15.0. The molecule has 1 aromatic heterocycles. The maximum Gasteiger partial charge on any atom is 0.0994 e. The minimum atomic E-state index is -0.362. The molecule has 2 heteroatoms. The topological polar surface area (TPSA) is 28.7 Å². The highest BCUT2D eigenvalue weighted by Gasteiger charge is 2.50. The molecule has 0 amide bonds. The van der Waals surface area contributed by atoms with Gasteiger partial charge in [0.1, 0.15) is 0 Å². The van der Waals surface area contributed by atoms with Gasteiger partial charge in [0.2, 0.25) is 0 Å². The molecule has 0 bridgehead atoms. The lowest BCUT2D eigenvalue weighted by molar-refractivity contribution is 0.456. The van der Waals surface area contributed by atoms with E-state index in [2.05, 4.69) is 134 Å². The number of nitriles is 1. The zero-order valence-corrected chi connectivity index (χ0v) is 24.1. The van der Waals surface area contributed by atoms with E-state index >= 15 is 0 Å². The summed E-state index contributed by atoms with van der Waals surface area (Å²) in [5.74, 6) is 0.250. The van der Waals surface area contributed by atoms with Gasteiger partial charge >= 0.3 is 0 Å². The molecular weight excluding hydrogens is 508 g/mol. The molecule has 0 spiro atoms. The van der Waals surface area contributed by atoms with Crippen LogP contribution in [0.5, 0.6) is 0 Å². The number of hydrogen-bond acceptors (Lipinski definition) is 1. The molecule has 0 radical (unpaired) electrons. The lowest BCUT2D eigenvalue weighted by Crippen LogP contribution is -2.35. The van der Waals surface area contributed by atoms with Crippen molar-refractivity contribution in [2.24, 2.45) is 5.92 Å². The van der Waals surface area contributed by atoms with E-state index in [4.69, 9.17) is 0 Å². The van der Waals surface area contributed by atoms with Crippen LogP contribution < -0.4 is 0 Å². The Morgan fingerprint density at radius 1 is 0.881 bits per heavy atom. The van der Waals surface area contributed by atoms with Crippen LogP contribution in [-0.2, 0) is 11.8 Å². The average molecular weight is 541 g/mol. The molecule has 4 aromatic carbocycles. The average Bonchev–Trinajstić information content (AvgIpc) is 3.53. The first kappa shape index (κ1) is 24.9. The van der Waals surface area contributed by atoms with Crippen molar-refractivity contribution in [1.82, 2.24) is 4.57 Å². The van der Waals surface area contributed by atoms with Crippen LogP contribution in [0.15, 0.2) is 115 Å². The van der Waals surface area contributed by atoms with Crippen LogP contribution in [0.1, 0.15) is 58.8 Å². The summed E-state index contributed by atoms with van der Waals surface area (Å²) in [6, 6.07) is 33.7. The molecule has 202 valence electrons. The third-order valence-electron chi connectivity index (χ3n) is 9.89. The monoisotopic (exact) mass is 540 g/mol. The molecule has 1 heterocycles. The first-order valence-corrected chi connectivity index (χ1v) is 15.0. The van der Waals surface area contributed by atoms with Gasteiger partial charge in [-0.3, -0.25) is 0 Å². The van der Waals surface area contributed by atoms with E-state index in [1.807, 2.05) is 6.07 Å². The summed E-state index contributed by atoms with van der Waals surface area (Å²) in [5, 5.41) is 11.3. The fraction of sp³-hybridized carbons (Fsp3) is 0.175. The van der Waals surface area contributed by atoms with Gasteiger partial charge in [0.25, 0.3) is 0 Å². The molecule has 3 aliphatic rings. The molecular formula is C40H32N2. The SMILES string of the molecule is CC1=CCC(C2(c3ccc4c(c3)c3c(n4-c4ccccc4)C=CCC3)c3ccccc3-c3c2ccc(C#N)c3C)C=C1. The number of aromatic nitrogens is 1. The molecule has 0 saturated heterocycles. The number of hydrogen-bond donors (Lipinski definition) is 0. The number of aryl methyl sites for hydroxylation is 1. The zero-order chi connectivity index (χ0) is 28.4. The standard InChI is InChI=1S/C40H32N2/c1-26-16-19-29(20-17-26)40(35-14-8-6-13-33(35)39-27(2)28(25-41)18-22-36(39)40)30-21-23-38-34(24-30)32-12-7-9-15-37(32)42(38)31-10-4-3-5-11-31/h3-6,8-11,13-19,21-24,29H,7,12,20H2,1-2H3. The third kappa shape index (κ3) is 3.31. The molecule has 0 N–H and O–H groups in total. The molecule has 2 unspecified atom stereocenters. The summed E-state index contributed by atoms with van der Waals surface area (Å²) in [5.41, 5.74) is 14.5. The van der Waals surface area contributed by atoms with Gasteiger partial charge in [-0.25, -0.2) is 0 Å². The number of benzene rings is 4.